The predicted octanol–water partition coefficient (Wildman–Crippen LogP) is 4.07. The second-order valence-corrected chi connectivity index (χ2v) is 8.02. The fraction of sp³-hybridized carbons (Fsp3) is 0.269. The fourth-order valence-corrected chi connectivity index (χ4v) is 3.98. The molecule has 2 N–H and O–H groups in total. The minimum absolute atomic E-state index is 0.117. The SMILES string of the molecule is CNC(=O)c1ccnc2c(C(C)CCNc3cc(-c4cnc(OC)c(OC)c4)ncn3)cccc12. The number of para-hydroxylation sites is 1. The number of rotatable bonds is 9. The molecule has 0 radical (unpaired) electrons. The molecule has 0 aliphatic carbocycles. The van der Waals surface area contributed by atoms with Crippen molar-refractivity contribution in [3.63, 3.8) is 0 Å². The van der Waals surface area contributed by atoms with Crippen molar-refractivity contribution in [3.8, 4) is 22.9 Å². The van der Waals surface area contributed by atoms with Gasteiger partial charge < -0.3 is 20.1 Å². The number of hydrogen-bond donors (Lipinski definition) is 2. The molecule has 1 amide bonds. The van der Waals surface area contributed by atoms with Gasteiger partial charge in [-0.15, -0.1) is 0 Å². The van der Waals surface area contributed by atoms with Gasteiger partial charge in [-0.25, -0.2) is 15.0 Å². The van der Waals surface area contributed by atoms with Gasteiger partial charge in [0.25, 0.3) is 11.8 Å². The molecule has 0 fully saturated rings. The third-order valence-corrected chi connectivity index (χ3v) is 5.88. The third-order valence-electron chi connectivity index (χ3n) is 5.88. The number of fused-ring (bicyclic) bond motifs is 1. The van der Waals surface area contributed by atoms with Crippen LogP contribution in [0.5, 0.6) is 11.6 Å². The maximum Gasteiger partial charge on any atom is 0.256 e. The lowest BCUT2D eigenvalue weighted by molar-refractivity contribution is 0.0964. The Morgan fingerprint density at radius 2 is 1.91 bits per heavy atom. The van der Waals surface area contributed by atoms with E-state index < -0.39 is 0 Å². The first-order valence-electron chi connectivity index (χ1n) is 11.3. The minimum atomic E-state index is -0.117. The van der Waals surface area contributed by atoms with Crippen molar-refractivity contribution in [3.05, 3.63) is 66.2 Å². The Bertz CT molecular complexity index is 1340. The maximum atomic E-state index is 12.3. The van der Waals surface area contributed by atoms with Crippen LogP contribution in [-0.2, 0) is 0 Å². The number of anilines is 1. The first kappa shape index (κ1) is 23.9. The summed E-state index contributed by atoms with van der Waals surface area (Å²) in [4.78, 5) is 29.8. The van der Waals surface area contributed by atoms with Gasteiger partial charge in [0, 0.05) is 43.0 Å². The molecule has 0 saturated carbocycles. The molecule has 0 saturated heterocycles. The normalized spacial score (nSPS) is 11.7. The van der Waals surface area contributed by atoms with Crippen molar-refractivity contribution in [2.75, 3.05) is 33.1 Å². The smallest absolute Gasteiger partial charge is 0.256 e. The van der Waals surface area contributed by atoms with E-state index >= 15 is 0 Å². The number of carbonyl (C=O) groups excluding carboxylic acids is 1. The fourth-order valence-electron chi connectivity index (χ4n) is 3.98. The number of carbonyl (C=O) groups is 1. The molecule has 0 bridgehead atoms. The summed E-state index contributed by atoms with van der Waals surface area (Å²) >= 11 is 0. The van der Waals surface area contributed by atoms with Crippen LogP contribution in [0.1, 0.15) is 35.2 Å². The van der Waals surface area contributed by atoms with Crippen LogP contribution in [0.3, 0.4) is 0 Å². The van der Waals surface area contributed by atoms with E-state index in [2.05, 4.69) is 43.6 Å². The van der Waals surface area contributed by atoms with Crippen LogP contribution in [0, 0.1) is 0 Å². The van der Waals surface area contributed by atoms with Crippen LogP contribution in [-0.4, -0.2) is 53.7 Å². The van der Waals surface area contributed by atoms with Crippen LogP contribution in [0.2, 0.25) is 0 Å². The van der Waals surface area contributed by atoms with E-state index in [1.54, 1.807) is 39.7 Å². The Hall–Kier alpha value is -4.27. The Balaban J connectivity index is 1.47. The largest absolute Gasteiger partial charge is 0.491 e. The average molecular weight is 473 g/mol. The summed E-state index contributed by atoms with van der Waals surface area (Å²) in [5, 5.41) is 6.93. The molecule has 1 unspecified atom stereocenters. The van der Waals surface area contributed by atoms with Crippen molar-refractivity contribution in [2.24, 2.45) is 0 Å². The monoisotopic (exact) mass is 472 g/mol. The lowest BCUT2D eigenvalue weighted by Crippen LogP contribution is -2.18. The van der Waals surface area contributed by atoms with Gasteiger partial charge in [0.2, 0.25) is 0 Å². The highest BCUT2D eigenvalue weighted by Gasteiger charge is 2.15. The molecule has 35 heavy (non-hydrogen) atoms. The van der Waals surface area contributed by atoms with Gasteiger partial charge in [0.05, 0.1) is 31.0 Å². The molecule has 9 nitrogen and oxygen atoms in total. The summed E-state index contributed by atoms with van der Waals surface area (Å²) < 4.78 is 10.6. The number of benzene rings is 1. The zero-order chi connectivity index (χ0) is 24.8. The molecule has 3 aromatic heterocycles. The summed E-state index contributed by atoms with van der Waals surface area (Å²) in [6.07, 6.45) is 5.75. The first-order chi connectivity index (χ1) is 17.0. The molecule has 0 aliphatic rings. The average Bonchev–Trinajstić information content (AvgIpc) is 2.91. The van der Waals surface area contributed by atoms with E-state index in [9.17, 15) is 4.79 Å². The van der Waals surface area contributed by atoms with Crippen LogP contribution in [0.25, 0.3) is 22.2 Å². The van der Waals surface area contributed by atoms with Crippen molar-refractivity contribution in [2.45, 2.75) is 19.3 Å². The van der Waals surface area contributed by atoms with E-state index in [0.29, 0.717) is 23.7 Å². The predicted molar refractivity (Wildman–Crippen MR) is 135 cm³/mol. The van der Waals surface area contributed by atoms with Crippen LogP contribution < -0.4 is 20.1 Å². The van der Waals surface area contributed by atoms with E-state index in [0.717, 1.165) is 40.0 Å². The number of nitrogens with one attached hydrogen (secondary N) is 2. The summed E-state index contributed by atoms with van der Waals surface area (Å²) in [6, 6.07) is 11.4. The number of nitrogens with zero attached hydrogens (tertiary/aromatic N) is 4. The van der Waals surface area contributed by atoms with Gasteiger partial charge in [0.1, 0.15) is 12.1 Å². The molecule has 1 atom stereocenters. The topological polar surface area (TPSA) is 111 Å². The third kappa shape index (κ3) is 5.13. The highest BCUT2D eigenvalue weighted by molar-refractivity contribution is 6.06. The highest BCUT2D eigenvalue weighted by atomic mass is 16.5. The Kier molecular flexibility index (Phi) is 7.35. The van der Waals surface area contributed by atoms with Gasteiger partial charge >= 0.3 is 0 Å². The summed E-state index contributed by atoms with van der Waals surface area (Å²) in [6.45, 7) is 2.86. The molecule has 1 aromatic carbocycles. The molecule has 180 valence electrons. The van der Waals surface area contributed by atoms with Crippen molar-refractivity contribution in [1.82, 2.24) is 25.3 Å². The van der Waals surface area contributed by atoms with E-state index in [4.69, 9.17) is 9.47 Å². The standard InChI is InChI=1S/C26H28N6O3/c1-16(18-6-5-7-19-20(25(33)27-2)9-11-29-24(18)19)8-10-28-23-13-21(31-15-32-23)17-12-22(34-3)26(35-4)30-14-17/h5-7,9,11-16H,8,10H2,1-4H3,(H,27,33)(H,28,31,32). The van der Waals surface area contributed by atoms with Crippen LogP contribution >= 0.6 is 0 Å². The van der Waals surface area contributed by atoms with Crippen LogP contribution in [0.15, 0.2) is 55.1 Å². The quantitative estimate of drug-likeness (QED) is 0.375. The first-order valence-corrected chi connectivity index (χ1v) is 11.3. The molecule has 3 heterocycles. The second kappa shape index (κ2) is 10.8. The molecule has 4 rings (SSSR count). The Morgan fingerprint density at radius 3 is 2.69 bits per heavy atom. The number of aromatic nitrogens is 4. The molecule has 9 heteroatoms. The Labute approximate surface area is 204 Å². The van der Waals surface area contributed by atoms with Crippen molar-refractivity contribution < 1.29 is 14.3 Å². The molecule has 0 aliphatic heterocycles. The zero-order valence-corrected chi connectivity index (χ0v) is 20.2. The maximum absolute atomic E-state index is 12.3. The molecule has 4 aromatic rings. The minimum Gasteiger partial charge on any atom is -0.491 e. The zero-order valence-electron chi connectivity index (χ0n) is 20.2. The van der Waals surface area contributed by atoms with E-state index in [-0.39, 0.29) is 11.8 Å². The number of hydrogen-bond acceptors (Lipinski definition) is 8. The Morgan fingerprint density at radius 1 is 1.06 bits per heavy atom. The van der Waals surface area contributed by atoms with Crippen molar-refractivity contribution in [1.29, 1.82) is 0 Å². The lowest BCUT2D eigenvalue weighted by atomic mass is 9.94. The van der Waals surface area contributed by atoms with Gasteiger partial charge in [-0.05, 0) is 30.0 Å². The number of methoxy groups -OCH3 is 2. The van der Waals surface area contributed by atoms with Gasteiger partial charge in [-0.1, -0.05) is 25.1 Å². The number of ether oxygens (including phenoxy) is 2. The lowest BCUT2D eigenvalue weighted by Gasteiger charge is -2.16. The van der Waals surface area contributed by atoms with Gasteiger partial charge in [0.15, 0.2) is 5.75 Å². The van der Waals surface area contributed by atoms with Gasteiger partial charge in [-0.2, -0.15) is 0 Å². The molecule has 0 spiro atoms. The van der Waals surface area contributed by atoms with E-state index in [1.807, 2.05) is 24.3 Å². The van der Waals surface area contributed by atoms with Gasteiger partial charge in [-0.3, -0.25) is 9.78 Å². The molecular weight excluding hydrogens is 444 g/mol. The number of amides is 1. The summed E-state index contributed by atoms with van der Waals surface area (Å²) in [5.41, 5.74) is 4.11. The van der Waals surface area contributed by atoms with Crippen LogP contribution in [0.4, 0.5) is 5.82 Å². The van der Waals surface area contributed by atoms with Crippen molar-refractivity contribution >= 4 is 22.6 Å². The number of pyridine rings is 2. The molecular formula is C26H28N6O3. The summed E-state index contributed by atoms with van der Waals surface area (Å²) in [5.74, 6) is 1.77. The summed E-state index contributed by atoms with van der Waals surface area (Å²) in [7, 11) is 4.75. The van der Waals surface area contributed by atoms with E-state index in [1.165, 1.54) is 6.33 Å². The second-order valence-electron chi connectivity index (χ2n) is 8.02. The highest BCUT2D eigenvalue weighted by Crippen LogP contribution is 2.30.